The first-order chi connectivity index (χ1) is 7.13. The Morgan fingerprint density at radius 2 is 2.13 bits per heavy atom. The predicted molar refractivity (Wildman–Crippen MR) is 58.1 cm³/mol. The molecule has 0 radical (unpaired) electrons. The molecule has 0 amide bonds. The van der Waals surface area contributed by atoms with Crippen LogP contribution in [0.25, 0.3) is 10.8 Å². The average molecular weight is 205 g/mol. The number of aromatic hydroxyl groups is 1. The highest BCUT2D eigenvalue weighted by Gasteiger charge is 2.10. The van der Waals surface area contributed by atoms with E-state index in [1.165, 1.54) is 7.11 Å². The van der Waals surface area contributed by atoms with Crippen LogP contribution in [0, 0.1) is 5.95 Å². The number of benzene rings is 1. The van der Waals surface area contributed by atoms with Crippen molar-refractivity contribution >= 4 is 24.2 Å². The fourth-order valence-corrected chi connectivity index (χ4v) is 1.53. The molecule has 0 aliphatic rings. The number of rotatable bonds is 1. The fraction of sp³-hybridized carbons (Fsp3) is 0.100. The summed E-state index contributed by atoms with van der Waals surface area (Å²) in [6.07, 6.45) is 0. The molecule has 0 spiro atoms. The van der Waals surface area contributed by atoms with Gasteiger partial charge in [0.25, 0.3) is 5.95 Å². The number of pyridine rings is 1. The second kappa shape index (κ2) is 3.42. The van der Waals surface area contributed by atoms with Crippen LogP contribution in [-0.2, 0) is 0 Å². The minimum Gasteiger partial charge on any atom is -0.503 e. The molecule has 0 fully saturated rings. The van der Waals surface area contributed by atoms with Crippen LogP contribution in [-0.4, -0.2) is 25.0 Å². The molecule has 0 saturated carbocycles. The van der Waals surface area contributed by atoms with E-state index in [9.17, 15) is 9.50 Å². The number of nitrogens with zero attached hydrogens (tertiary/aromatic N) is 1. The summed E-state index contributed by atoms with van der Waals surface area (Å²) in [4.78, 5) is 3.60. The number of hydrogen-bond donors (Lipinski definition) is 1. The number of fused-ring (bicyclic) bond motifs is 1. The fourth-order valence-electron chi connectivity index (χ4n) is 1.53. The van der Waals surface area contributed by atoms with Crippen molar-refractivity contribution in [3.05, 3.63) is 24.1 Å². The molecule has 0 aliphatic carbocycles. The third-order valence-electron chi connectivity index (χ3n) is 2.33. The molecule has 0 bridgehead atoms. The van der Waals surface area contributed by atoms with Crippen LogP contribution < -0.4 is 10.3 Å². The van der Waals surface area contributed by atoms with Gasteiger partial charge >= 0.3 is 0 Å². The summed E-state index contributed by atoms with van der Waals surface area (Å²) in [5, 5.41) is 10.6. The van der Waals surface area contributed by atoms with E-state index >= 15 is 0 Å². The Hall–Kier alpha value is -1.78. The zero-order valence-corrected chi connectivity index (χ0v) is 8.41. The second-order valence-corrected chi connectivity index (χ2v) is 3.25. The lowest BCUT2D eigenvalue weighted by Crippen LogP contribution is -2.11. The lowest BCUT2D eigenvalue weighted by atomic mass is 9.96. The third kappa shape index (κ3) is 1.50. The Labute approximate surface area is 86.9 Å². The van der Waals surface area contributed by atoms with Crippen LogP contribution in [0.15, 0.2) is 18.2 Å². The highest BCUT2D eigenvalue weighted by Crippen LogP contribution is 2.27. The van der Waals surface area contributed by atoms with Gasteiger partial charge in [-0.3, -0.25) is 0 Å². The Balaban J connectivity index is 2.85. The molecule has 2 rings (SSSR count). The first kappa shape index (κ1) is 9.77. The molecule has 1 aromatic heterocycles. The van der Waals surface area contributed by atoms with Crippen LogP contribution in [0.1, 0.15) is 0 Å². The molecule has 5 heteroatoms. The summed E-state index contributed by atoms with van der Waals surface area (Å²) in [5.41, 5.74) is 0.544. The predicted octanol–water partition coefficient (Wildman–Crippen LogP) is 0.346. The van der Waals surface area contributed by atoms with Gasteiger partial charge in [-0.25, -0.2) is 4.98 Å². The van der Waals surface area contributed by atoms with Gasteiger partial charge in [-0.15, -0.1) is 0 Å². The molecule has 76 valence electrons. The van der Waals surface area contributed by atoms with E-state index < -0.39 is 11.7 Å². The monoisotopic (exact) mass is 205 g/mol. The number of hydrogen-bond acceptors (Lipinski definition) is 3. The van der Waals surface area contributed by atoms with Gasteiger partial charge < -0.3 is 9.84 Å². The van der Waals surface area contributed by atoms with Crippen molar-refractivity contribution in [2.24, 2.45) is 0 Å². The molecule has 15 heavy (non-hydrogen) atoms. The Morgan fingerprint density at radius 1 is 1.40 bits per heavy atom. The van der Waals surface area contributed by atoms with Crippen molar-refractivity contribution in [3.63, 3.8) is 0 Å². The van der Waals surface area contributed by atoms with Gasteiger partial charge in [0, 0.05) is 11.0 Å². The molecule has 1 aromatic carbocycles. The van der Waals surface area contributed by atoms with Gasteiger partial charge in [0.2, 0.25) is 0 Å². The topological polar surface area (TPSA) is 42.4 Å². The summed E-state index contributed by atoms with van der Waals surface area (Å²) in [7, 11) is 3.21. The number of methoxy groups -OCH3 is 1. The third-order valence-corrected chi connectivity index (χ3v) is 2.33. The summed E-state index contributed by atoms with van der Waals surface area (Å²) >= 11 is 0. The molecule has 0 unspecified atom stereocenters. The SMILES string of the molecule is Bc1nc(F)c(O)c2cc(OC)ccc12. The minimum atomic E-state index is -0.853. The smallest absolute Gasteiger partial charge is 0.255 e. The van der Waals surface area contributed by atoms with Gasteiger partial charge in [0.1, 0.15) is 5.75 Å². The van der Waals surface area contributed by atoms with E-state index in [-0.39, 0.29) is 0 Å². The Bertz CT molecular complexity index is 530. The van der Waals surface area contributed by atoms with Crippen molar-refractivity contribution in [2.45, 2.75) is 0 Å². The van der Waals surface area contributed by atoms with Gasteiger partial charge in [-0.2, -0.15) is 4.39 Å². The van der Waals surface area contributed by atoms with E-state index in [0.717, 1.165) is 5.39 Å². The molecule has 3 nitrogen and oxygen atoms in total. The van der Waals surface area contributed by atoms with Crippen molar-refractivity contribution in [1.82, 2.24) is 4.98 Å². The molecule has 1 heterocycles. The molecule has 0 aliphatic heterocycles. The maximum Gasteiger partial charge on any atom is 0.255 e. The van der Waals surface area contributed by atoms with Crippen molar-refractivity contribution in [1.29, 1.82) is 0 Å². The van der Waals surface area contributed by atoms with Crippen LogP contribution in [0.3, 0.4) is 0 Å². The Morgan fingerprint density at radius 3 is 2.80 bits per heavy atom. The van der Waals surface area contributed by atoms with Crippen LogP contribution in [0.2, 0.25) is 0 Å². The van der Waals surface area contributed by atoms with E-state index in [1.807, 2.05) is 0 Å². The zero-order chi connectivity index (χ0) is 11.0. The Kier molecular flexibility index (Phi) is 2.23. The van der Waals surface area contributed by atoms with Crippen molar-refractivity contribution in [3.8, 4) is 11.5 Å². The van der Waals surface area contributed by atoms with E-state index in [0.29, 0.717) is 16.7 Å². The maximum atomic E-state index is 13.1. The average Bonchev–Trinajstić information content (AvgIpc) is 2.25. The van der Waals surface area contributed by atoms with Crippen LogP contribution in [0.4, 0.5) is 4.39 Å². The van der Waals surface area contributed by atoms with Gasteiger partial charge in [-0.05, 0) is 23.6 Å². The summed E-state index contributed by atoms with van der Waals surface area (Å²) in [5.74, 6) is -0.717. The maximum absolute atomic E-state index is 13.1. The standard InChI is InChI=1S/C10H9BFNO2/c1-15-5-2-3-6-7(4-5)8(14)10(12)13-9(6)11/h2-4,14H,11H2,1H3. The summed E-state index contributed by atoms with van der Waals surface area (Å²) in [6, 6.07) is 5.08. The summed E-state index contributed by atoms with van der Waals surface area (Å²) in [6.45, 7) is 0. The lowest BCUT2D eigenvalue weighted by Gasteiger charge is -2.07. The highest BCUT2D eigenvalue weighted by molar-refractivity contribution is 6.37. The number of ether oxygens (including phenoxy) is 1. The van der Waals surface area contributed by atoms with Gasteiger partial charge in [0.05, 0.1) is 7.11 Å². The number of halogens is 1. The normalized spacial score (nSPS) is 10.5. The highest BCUT2D eigenvalue weighted by atomic mass is 19.1. The largest absolute Gasteiger partial charge is 0.503 e. The van der Waals surface area contributed by atoms with Crippen molar-refractivity contribution < 1.29 is 14.2 Å². The minimum absolute atomic E-state index is 0.416. The lowest BCUT2D eigenvalue weighted by molar-refractivity contribution is 0.413. The molecule has 0 atom stereocenters. The van der Waals surface area contributed by atoms with Crippen LogP contribution in [0.5, 0.6) is 11.5 Å². The van der Waals surface area contributed by atoms with Crippen molar-refractivity contribution in [2.75, 3.05) is 7.11 Å². The van der Waals surface area contributed by atoms with E-state index in [1.54, 1.807) is 26.0 Å². The van der Waals surface area contributed by atoms with E-state index in [4.69, 9.17) is 4.74 Å². The molecular formula is C10H9BFNO2. The quantitative estimate of drug-likeness (QED) is 0.539. The second-order valence-electron chi connectivity index (χ2n) is 3.25. The van der Waals surface area contributed by atoms with E-state index in [2.05, 4.69) is 4.98 Å². The number of aromatic nitrogens is 1. The molecule has 0 saturated heterocycles. The zero-order valence-electron chi connectivity index (χ0n) is 8.41. The molecule has 1 N–H and O–H groups in total. The van der Waals surface area contributed by atoms with Gasteiger partial charge in [0.15, 0.2) is 13.6 Å². The first-order valence-corrected chi connectivity index (χ1v) is 4.46. The molecule has 2 aromatic rings. The summed E-state index contributed by atoms with van der Waals surface area (Å²) < 4.78 is 18.1. The first-order valence-electron chi connectivity index (χ1n) is 4.46. The van der Waals surface area contributed by atoms with Crippen LogP contribution >= 0.6 is 0 Å². The van der Waals surface area contributed by atoms with Gasteiger partial charge in [-0.1, -0.05) is 0 Å². The molecular weight excluding hydrogens is 196 g/mol.